The van der Waals surface area contributed by atoms with E-state index in [1.54, 1.807) is 42.2 Å². The molecule has 0 aliphatic carbocycles. The summed E-state index contributed by atoms with van der Waals surface area (Å²) >= 11 is 0. The van der Waals surface area contributed by atoms with E-state index < -0.39 is 0 Å². The van der Waals surface area contributed by atoms with Crippen LogP contribution in [0, 0.1) is 6.92 Å². The largest absolute Gasteiger partial charge is 0.355 e. The van der Waals surface area contributed by atoms with Crippen molar-refractivity contribution in [2.75, 3.05) is 12.4 Å². The summed E-state index contributed by atoms with van der Waals surface area (Å²) < 4.78 is 1.79. The van der Waals surface area contributed by atoms with Crippen molar-refractivity contribution in [2.24, 2.45) is 0 Å². The summed E-state index contributed by atoms with van der Waals surface area (Å²) in [5, 5.41) is 10.2. The fraction of sp³-hybridized carbons (Fsp3) is 0.115. The Morgan fingerprint density at radius 2 is 1.56 bits per heavy atom. The Balaban J connectivity index is 1.63. The quantitative estimate of drug-likeness (QED) is 0.478. The van der Waals surface area contributed by atoms with Gasteiger partial charge in [-0.1, -0.05) is 60.2 Å². The van der Waals surface area contributed by atoms with Gasteiger partial charge in [-0.05, 0) is 36.8 Å². The fourth-order valence-electron chi connectivity index (χ4n) is 3.41. The summed E-state index contributed by atoms with van der Waals surface area (Å²) in [7, 11) is 1.58. The average Bonchev–Trinajstić information content (AvgIpc) is 3.24. The number of aromatic nitrogens is 2. The van der Waals surface area contributed by atoms with Crippen molar-refractivity contribution in [1.82, 2.24) is 15.1 Å². The normalized spacial score (nSPS) is 10.6. The Hall–Kier alpha value is -4.19. The van der Waals surface area contributed by atoms with Gasteiger partial charge in [-0.2, -0.15) is 5.10 Å². The SMILES string of the molecule is CNC(=O)c1ccc(NC(=O)c2cn(Cc3ccccc3)nc2-c2ccc(C)cc2)cc1. The van der Waals surface area contributed by atoms with Gasteiger partial charge in [0.05, 0.1) is 12.1 Å². The van der Waals surface area contributed by atoms with Gasteiger partial charge < -0.3 is 10.6 Å². The van der Waals surface area contributed by atoms with Crippen LogP contribution in [-0.4, -0.2) is 28.6 Å². The number of rotatable bonds is 6. The first-order valence-electron chi connectivity index (χ1n) is 10.4. The predicted molar refractivity (Wildman–Crippen MR) is 126 cm³/mol. The highest BCUT2D eigenvalue weighted by Crippen LogP contribution is 2.24. The average molecular weight is 425 g/mol. The number of hydrogen-bond donors (Lipinski definition) is 2. The van der Waals surface area contributed by atoms with Crippen molar-refractivity contribution in [3.8, 4) is 11.3 Å². The van der Waals surface area contributed by atoms with Crippen LogP contribution in [0.15, 0.2) is 85.1 Å². The van der Waals surface area contributed by atoms with Gasteiger partial charge in [0.2, 0.25) is 0 Å². The Bertz CT molecular complexity index is 1230. The van der Waals surface area contributed by atoms with Crippen LogP contribution in [0.4, 0.5) is 5.69 Å². The van der Waals surface area contributed by atoms with Crippen molar-refractivity contribution in [3.05, 3.63) is 107 Å². The lowest BCUT2D eigenvalue weighted by Crippen LogP contribution is -2.18. The predicted octanol–water partition coefficient (Wildman–Crippen LogP) is 4.52. The molecule has 0 fully saturated rings. The molecule has 0 spiro atoms. The minimum atomic E-state index is -0.257. The van der Waals surface area contributed by atoms with Crippen LogP contribution in [-0.2, 0) is 6.54 Å². The molecule has 6 nitrogen and oxygen atoms in total. The number of aryl methyl sites for hydroxylation is 1. The smallest absolute Gasteiger partial charge is 0.259 e. The molecule has 0 aliphatic rings. The van der Waals surface area contributed by atoms with E-state index in [2.05, 4.69) is 10.6 Å². The fourth-order valence-corrected chi connectivity index (χ4v) is 3.41. The van der Waals surface area contributed by atoms with Crippen LogP contribution >= 0.6 is 0 Å². The zero-order chi connectivity index (χ0) is 22.5. The standard InChI is InChI=1S/C26H24N4O2/c1-18-8-10-20(11-9-18)24-23(17-30(29-24)16-19-6-4-3-5-7-19)26(32)28-22-14-12-21(13-15-22)25(31)27-2/h3-15,17H,16H2,1-2H3,(H,27,31)(H,28,32). The molecule has 4 aromatic rings. The van der Waals surface area contributed by atoms with Gasteiger partial charge in [0.25, 0.3) is 11.8 Å². The first kappa shape index (κ1) is 21.1. The number of carbonyl (C=O) groups excluding carboxylic acids is 2. The zero-order valence-corrected chi connectivity index (χ0v) is 18.0. The number of benzene rings is 3. The van der Waals surface area contributed by atoms with Gasteiger partial charge in [-0.25, -0.2) is 0 Å². The molecular weight excluding hydrogens is 400 g/mol. The highest BCUT2D eigenvalue weighted by atomic mass is 16.2. The van der Waals surface area contributed by atoms with Crippen molar-refractivity contribution in [2.45, 2.75) is 13.5 Å². The second-order valence-corrected chi connectivity index (χ2v) is 7.55. The number of nitrogens with zero attached hydrogens (tertiary/aromatic N) is 2. The monoisotopic (exact) mass is 424 g/mol. The van der Waals surface area contributed by atoms with E-state index >= 15 is 0 Å². The summed E-state index contributed by atoms with van der Waals surface area (Å²) in [5.41, 5.74) is 5.36. The van der Waals surface area contributed by atoms with Crippen molar-refractivity contribution in [3.63, 3.8) is 0 Å². The van der Waals surface area contributed by atoms with E-state index in [9.17, 15) is 9.59 Å². The number of anilines is 1. The minimum absolute atomic E-state index is 0.174. The van der Waals surface area contributed by atoms with Crippen molar-refractivity contribution >= 4 is 17.5 Å². The molecule has 0 radical (unpaired) electrons. The van der Waals surface area contributed by atoms with Crippen LogP contribution in [0.3, 0.4) is 0 Å². The first-order chi connectivity index (χ1) is 15.5. The minimum Gasteiger partial charge on any atom is -0.355 e. The number of nitrogens with one attached hydrogen (secondary N) is 2. The number of carbonyl (C=O) groups is 2. The molecule has 6 heteroatoms. The topological polar surface area (TPSA) is 76.0 Å². The lowest BCUT2D eigenvalue weighted by Gasteiger charge is -2.07. The third-order valence-electron chi connectivity index (χ3n) is 5.15. The third kappa shape index (κ3) is 4.75. The second-order valence-electron chi connectivity index (χ2n) is 7.55. The van der Waals surface area contributed by atoms with Crippen LogP contribution < -0.4 is 10.6 Å². The molecule has 1 aromatic heterocycles. The summed E-state index contributed by atoms with van der Waals surface area (Å²) in [4.78, 5) is 24.9. The van der Waals surface area contributed by atoms with Gasteiger partial charge in [0.15, 0.2) is 0 Å². The van der Waals surface area contributed by atoms with Gasteiger partial charge in [-0.3, -0.25) is 14.3 Å². The van der Waals surface area contributed by atoms with E-state index in [0.29, 0.717) is 29.1 Å². The Morgan fingerprint density at radius 1 is 0.875 bits per heavy atom. The van der Waals surface area contributed by atoms with E-state index in [-0.39, 0.29) is 11.8 Å². The molecule has 160 valence electrons. The molecule has 0 saturated heterocycles. The van der Waals surface area contributed by atoms with Crippen LogP contribution in [0.25, 0.3) is 11.3 Å². The zero-order valence-electron chi connectivity index (χ0n) is 18.0. The van der Waals surface area contributed by atoms with E-state index in [4.69, 9.17) is 5.10 Å². The van der Waals surface area contributed by atoms with E-state index in [1.807, 2.05) is 61.5 Å². The maximum absolute atomic E-state index is 13.2. The molecule has 1 heterocycles. The number of amides is 2. The highest BCUT2D eigenvalue weighted by molar-refractivity contribution is 6.08. The van der Waals surface area contributed by atoms with Gasteiger partial charge in [-0.15, -0.1) is 0 Å². The van der Waals surface area contributed by atoms with Gasteiger partial charge in [0, 0.05) is 30.1 Å². The molecule has 0 saturated carbocycles. The molecule has 4 rings (SSSR count). The molecule has 2 amide bonds. The lowest BCUT2D eigenvalue weighted by molar-refractivity contribution is 0.0962. The summed E-state index contributed by atoms with van der Waals surface area (Å²) in [6.07, 6.45) is 1.77. The van der Waals surface area contributed by atoms with Crippen LogP contribution in [0.5, 0.6) is 0 Å². The van der Waals surface area contributed by atoms with Gasteiger partial charge in [0.1, 0.15) is 5.69 Å². The number of hydrogen-bond acceptors (Lipinski definition) is 3. The summed E-state index contributed by atoms with van der Waals surface area (Å²) in [6.45, 7) is 2.58. The van der Waals surface area contributed by atoms with Crippen LogP contribution in [0.1, 0.15) is 31.8 Å². The maximum atomic E-state index is 13.2. The molecule has 0 aliphatic heterocycles. The maximum Gasteiger partial charge on any atom is 0.259 e. The lowest BCUT2D eigenvalue weighted by atomic mass is 10.1. The molecule has 32 heavy (non-hydrogen) atoms. The summed E-state index contributed by atoms with van der Waals surface area (Å²) in [5.74, 6) is -0.431. The second kappa shape index (κ2) is 9.31. The molecule has 3 aromatic carbocycles. The first-order valence-corrected chi connectivity index (χ1v) is 10.4. The Labute approximate surface area is 186 Å². The molecule has 0 unspecified atom stereocenters. The third-order valence-corrected chi connectivity index (χ3v) is 5.15. The van der Waals surface area contributed by atoms with Crippen molar-refractivity contribution in [1.29, 1.82) is 0 Å². The van der Waals surface area contributed by atoms with E-state index in [1.165, 1.54) is 0 Å². The van der Waals surface area contributed by atoms with Gasteiger partial charge >= 0.3 is 0 Å². The Kier molecular flexibility index (Phi) is 6.12. The Morgan fingerprint density at radius 3 is 2.22 bits per heavy atom. The highest BCUT2D eigenvalue weighted by Gasteiger charge is 2.18. The molecule has 2 N–H and O–H groups in total. The van der Waals surface area contributed by atoms with E-state index in [0.717, 1.165) is 16.7 Å². The van der Waals surface area contributed by atoms with Crippen LogP contribution in [0.2, 0.25) is 0 Å². The van der Waals surface area contributed by atoms with Crippen molar-refractivity contribution < 1.29 is 9.59 Å². The molecule has 0 bridgehead atoms. The molecule has 0 atom stereocenters. The molecular formula is C26H24N4O2. The summed E-state index contributed by atoms with van der Waals surface area (Å²) in [6, 6.07) is 24.7.